The molecule has 15 heavy (non-hydrogen) atoms. The quantitative estimate of drug-likeness (QED) is 0.774. The molecule has 1 fully saturated rings. The van der Waals surface area contributed by atoms with Gasteiger partial charge in [0.15, 0.2) is 0 Å². The molecule has 1 aromatic rings. The van der Waals surface area contributed by atoms with Gasteiger partial charge in [-0.1, -0.05) is 0 Å². The van der Waals surface area contributed by atoms with E-state index >= 15 is 0 Å². The van der Waals surface area contributed by atoms with Crippen LogP contribution in [0.25, 0.3) is 0 Å². The van der Waals surface area contributed by atoms with E-state index in [0.717, 1.165) is 18.8 Å². The van der Waals surface area contributed by atoms with Crippen molar-refractivity contribution >= 4 is 11.8 Å². The van der Waals surface area contributed by atoms with Crippen molar-refractivity contribution in [2.24, 2.45) is 0 Å². The highest BCUT2D eigenvalue weighted by molar-refractivity contribution is 5.41. The van der Waals surface area contributed by atoms with Crippen LogP contribution in [0.2, 0.25) is 0 Å². The van der Waals surface area contributed by atoms with Crippen LogP contribution in [0.1, 0.15) is 13.3 Å². The fourth-order valence-electron chi connectivity index (χ4n) is 1.96. The lowest BCUT2D eigenvalue weighted by atomic mass is 10.1. The minimum absolute atomic E-state index is 0.242. The van der Waals surface area contributed by atoms with Crippen molar-refractivity contribution < 1.29 is 4.74 Å². The zero-order valence-corrected chi connectivity index (χ0v) is 9.05. The molecule has 0 bridgehead atoms. The lowest BCUT2D eigenvalue weighted by molar-refractivity contribution is 0.118. The molecule has 0 aliphatic carbocycles. The Hall–Kier alpha value is -1.36. The number of nitrogens with zero attached hydrogens (tertiary/aromatic N) is 3. The predicted octanol–water partition coefficient (Wildman–Crippen LogP) is 0.672. The van der Waals surface area contributed by atoms with E-state index in [-0.39, 0.29) is 6.10 Å². The van der Waals surface area contributed by atoms with Gasteiger partial charge in [-0.05, 0) is 19.4 Å². The molecule has 0 saturated carbocycles. The average Bonchev–Trinajstić information content (AvgIpc) is 2.63. The highest BCUT2D eigenvalue weighted by Gasteiger charge is 2.28. The van der Waals surface area contributed by atoms with Gasteiger partial charge in [0.2, 0.25) is 5.95 Å². The maximum Gasteiger partial charge on any atom is 0.221 e. The van der Waals surface area contributed by atoms with E-state index in [1.807, 2.05) is 13.1 Å². The Bertz CT molecular complexity index is 344. The van der Waals surface area contributed by atoms with Gasteiger partial charge >= 0.3 is 0 Å². The molecule has 0 amide bonds. The molecular formula is C10H16N4O. The lowest BCUT2D eigenvalue weighted by Crippen LogP contribution is -2.37. The van der Waals surface area contributed by atoms with Gasteiger partial charge in [0.25, 0.3) is 0 Å². The maximum absolute atomic E-state index is 5.55. The summed E-state index contributed by atoms with van der Waals surface area (Å²) in [4.78, 5) is 10.2. The summed E-state index contributed by atoms with van der Waals surface area (Å²) in [7, 11) is 2.01. The van der Waals surface area contributed by atoms with E-state index in [1.54, 1.807) is 6.20 Å². The first-order chi connectivity index (χ1) is 7.18. The Morgan fingerprint density at radius 3 is 3.00 bits per heavy atom. The minimum Gasteiger partial charge on any atom is -0.376 e. The second kappa shape index (κ2) is 4.02. The summed E-state index contributed by atoms with van der Waals surface area (Å²) >= 11 is 0. The van der Waals surface area contributed by atoms with Crippen LogP contribution >= 0.6 is 0 Å². The van der Waals surface area contributed by atoms with Gasteiger partial charge in [0.1, 0.15) is 5.82 Å². The number of rotatable bonds is 2. The molecule has 0 aromatic carbocycles. The summed E-state index contributed by atoms with van der Waals surface area (Å²) in [6.45, 7) is 2.90. The summed E-state index contributed by atoms with van der Waals surface area (Å²) in [5, 5.41) is 0. The monoisotopic (exact) mass is 208 g/mol. The van der Waals surface area contributed by atoms with E-state index < -0.39 is 0 Å². The zero-order valence-electron chi connectivity index (χ0n) is 9.05. The second-order valence-electron chi connectivity index (χ2n) is 3.82. The smallest absolute Gasteiger partial charge is 0.221 e. The summed E-state index contributed by atoms with van der Waals surface area (Å²) < 4.78 is 5.52. The van der Waals surface area contributed by atoms with E-state index in [2.05, 4.69) is 21.8 Å². The number of hydrogen-bond donors (Lipinski definition) is 1. The topological polar surface area (TPSA) is 64.3 Å². The van der Waals surface area contributed by atoms with Gasteiger partial charge in [-0.3, -0.25) is 0 Å². The summed E-state index contributed by atoms with van der Waals surface area (Å²) in [6.07, 6.45) is 2.95. The molecule has 2 N–H and O–H groups in total. The van der Waals surface area contributed by atoms with Crippen molar-refractivity contribution in [3.05, 3.63) is 12.3 Å². The SMILES string of the molecule is CC1OCCC1N(C)c1ccnc(N)n1. The minimum atomic E-state index is 0.242. The van der Waals surface area contributed by atoms with Gasteiger partial charge in [0, 0.05) is 19.9 Å². The largest absolute Gasteiger partial charge is 0.376 e. The van der Waals surface area contributed by atoms with Gasteiger partial charge in [0.05, 0.1) is 12.1 Å². The van der Waals surface area contributed by atoms with Crippen LogP contribution in [0.4, 0.5) is 11.8 Å². The van der Waals surface area contributed by atoms with Crippen LogP contribution in [0.5, 0.6) is 0 Å². The Kier molecular flexibility index (Phi) is 2.73. The predicted molar refractivity (Wildman–Crippen MR) is 58.7 cm³/mol. The molecule has 1 saturated heterocycles. The molecule has 0 spiro atoms. The molecule has 82 valence electrons. The fraction of sp³-hybridized carbons (Fsp3) is 0.600. The third-order valence-electron chi connectivity index (χ3n) is 2.85. The first-order valence-corrected chi connectivity index (χ1v) is 5.11. The highest BCUT2D eigenvalue weighted by atomic mass is 16.5. The van der Waals surface area contributed by atoms with Crippen LogP contribution in [-0.2, 0) is 4.74 Å². The molecule has 2 unspecified atom stereocenters. The molecule has 2 atom stereocenters. The summed E-state index contributed by atoms with van der Waals surface area (Å²) in [5.41, 5.74) is 5.55. The zero-order chi connectivity index (χ0) is 10.8. The summed E-state index contributed by atoms with van der Waals surface area (Å²) in [6, 6.07) is 2.24. The van der Waals surface area contributed by atoms with Crippen molar-refractivity contribution in [3.63, 3.8) is 0 Å². The first kappa shape index (κ1) is 10.2. The number of anilines is 2. The Balaban J connectivity index is 2.16. The average molecular weight is 208 g/mol. The van der Waals surface area contributed by atoms with Crippen molar-refractivity contribution in [1.82, 2.24) is 9.97 Å². The van der Waals surface area contributed by atoms with Crippen molar-refractivity contribution in [2.75, 3.05) is 24.3 Å². The van der Waals surface area contributed by atoms with Crippen LogP contribution < -0.4 is 10.6 Å². The molecule has 2 rings (SSSR count). The summed E-state index contributed by atoms with van der Waals surface area (Å²) in [5.74, 6) is 1.16. The Morgan fingerprint density at radius 1 is 1.60 bits per heavy atom. The molecule has 2 heterocycles. The van der Waals surface area contributed by atoms with Gasteiger partial charge in [-0.2, -0.15) is 4.98 Å². The third-order valence-corrected chi connectivity index (χ3v) is 2.85. The first-order valence-electron chi connectivity index (χ1n) is 5.11. The molecule has 0 radical (unpaired) electrons. The van der Waals surface area contributed by atoms with E-state index in [1.165, 1.54) is 0 Å². The Labute approximate surface area is 89.3 Å². The number of nitrogens with two attached hydrogens (primary N) is 1. The Morgan fingerprint density at radius 2 is 2.40 bits per heavy atom. The number of aromatic nitrogens is 2. The maximum atomic E-state index is 5.55. The van der Waals surface area contributed by atoms with Crippen LogP contribution in [0.15, 0.2) is 12.3 Å². The molecule has 1 aromatic heterocycles. The van der Waals surface area contributed by atoms with Gasteiger partial charge in [-0.15, -0.1) is 0 Å². The lowest BCUT2D eigenvalue weighted by Gasteiger charge is -2.27. The second-order valence-corrected chi connectivity index (χ2v) is 3.82. The molecule has 5 nitrogen and oxygen atoms in total. The van der Waals surface area contributed by atoms with Crippen molar-refractivity contribution in [3.8, 4) is 0 Å². The highest BCUT2D eigenvalue weighted by Crippen LogP contribution is 2.22. The number of nitrogen functional groups attached to an aromatic ring is 1. The van der Waals surface area contributed by atoms with Gasteiger partial charge in [-0.25, -0.2) is 4.98 Å². The molecular weight excluding hydrogens is 192 g/mol. The fourth-order valence-corrected chi connectivity index (χ4v) is 1.96. The number of ether oxygens (including phenoxy) is 1. The molecule has 1 aliphatic rings. The van der Waals surface area contributed by atoms with Crippen LogP contribution in [-0.4, -0.2) is 35.8 Å². The third kappa shape index (κ3) is 2.02. The van der Waals surface area contributed by atoms with Crippen molar-refractivity contribution in [2.45, 2.75) is 25.5 Å². The van der Waals surface area contributed by atoms with Gasteiger partial charge < -0.3 is 15.4 Å². The molecule has 5 heteroatoms. The number of hydrogen-bond acceptors (Lipinski definition) is 5. The van der Waals surface area contributed by atoms with E-state index in [9.17, 15) is 0 Å². The van der Waals surface area contributed by atoms with E-state index in [0.29, 0.717) is 12.0 Å². The standard InChI is InChI=1S/C10H16N4O/c1-7-8(4-6-15-7)14(2)9-3-5-12-10(11)13-9/h3,5,7-8H,4,6H2,1-2H3,(H2,11,12,13). The van der Waals surface area contributed by atoms with Crippen molar-refractivity contribution in [1.29, 1.82) is 0 Å². The van der Waals surface area contributed by atoms with Crippen LogP contribution in [0, 0.1) is 0 Å². The number of likely N-dealkylation sites (N-methyl/N-ethyl adjacent to an activating group) is 1. The van der Waals surface area contributed by atoms with Crippen LogP contribution in [0.3, 0.4) is 0 Å². The normalized spacial score (nSPS) is 25.5. The molecule has 1 aliphatic heterocycles. The van der Waals surface area contributed by atoms with E-state index in [4.69, 9.17) is 10.5 Å².